The highest BCUT2D eigenvalue weighted by Crippen LogP contribution is 2.16. The molecule has 0 fully saturated rings. The van der Waals surface area contributed by atoms with E-state index in [9.17, 15) is 14.4 Å². The summed E-state index contributed by atoms with van der Waals surface area (Å²) in [4.78, 5) is 37.9. The predicted octanol–water partition coefficient (Wildman–Crippen LogP) is 20.3. The van der Waals surface area contributed by atoms with Crippen LogP contribution < -0.4 is 0 Å². The second-order valence-corrected chi connectivity index (χ2v) is 19.5. The molecule has 0 aliphatic heterocycles. The van der Waals surface area contributed by atoms with Crippen LogP contribution in [0.4, 0.5) is 0 Å². The first kappa shape index (κ1) is 68.1. The summed E-state index contributed by atoms with van der Waals surface area (Å²) in [6.07, 6.45) is 81.2. The molecule has 0 aromatic carbocycles. The number of unbranched alkanes of at least 4 members (excludes halogenated alkanes) is 24. The van der Waals surface area contributed by atoms with Crippen molar-refractivity contribution in [1.29, 1.82) is 0 Å². The van der Waals surface area contributed by atoms with Crippen molar-refractivity contribution in [3.63, 3.8) is 0 Å². The lowest BCUT2D eigenvalue weighted by molar-refractivity contribution is -0.167. The maximum atomic E-state index is 12.8. The quantitative estimate of drug-likeness (QED) is 0.0261. The van der Waals surface area contributed by atoms with E-state index in [1.807, 2.05) is 0 Å². The molecule has 1 unspecified atom stereocenters. The van der Waals surface area contributed by atoms with Gasteiger partial charge in [0, 0.05) is 19.3 Å². The molecule has 0 rings (SSSR count). The van der Waals surface area contributed by atoms with Gasteiger partial charge in [-0.15, -0.1) is 0 Å². The van der Waals surface area contributed by atoms with Crippen LogP contribution in [0, 0.1) is 0 Å². The van der Waals surface area contributed by atoms with Gasteiger partial charge < -0.3 is 14.2 Å². The number of esters is 3. The highest BCUT2D eigenvalue weighted by molar-refractivity contribution is 5.71. The number of rotatable bonds is 53. The number of allylic oxidation sites excluding steroid dienone is 18. The molecule has 0 amide bonds. The van der Waals surface area contributed by atoms with Crippen LogP contribution in [0.1, 0.15) is 271 Å². The average Bonchev–Trinajstić information content (AvgIpc) is 3.38. The molecule has 0 radical (unpaired) electrons. The van der Waals surface area contributed by atoms with Crippen LogP contribution in [0.15, 0.2) is 109 Å². The molecule has 6 heteroatoms. The van der Waals surface area contributed by atoms with Crippen molar-refractivity contribution in [2.24, 2.45) is 0 Å². The van der Waals surface area contributed by atoms with Gasteiger partial charge in [-0.1, -0.05) is 271 Å². The topological polar surface area (TPSA) is 78.9 Å². The molecule has 0 aliphatic rings. The third-order valence-corrected chi connectivity index (χ3v) is 12.5. The van der Waals surface area contributed by atoms with E-state index in [-0.39, 0.29) is 31.1 Å². The zero-order valence-corrected chi connectivity index (χ0v) is 46.9. The van der Waals surface area contributed by atoms with Crippen LogP contribution in [0.25, 0.3) is 0 Å². The van der Waals surface area contributed by atoms with Crippen LogP contribution >= 0.6 is 0 Å². The molecule has 0 saturated carbocycles. The highest BCUT2D eigenvalue weighted by Gasteiger charge is 2.19. The van der Waals surface area contributed by atoms with E-state index >= 15 is 0 Å². The van der Waals surface area contributed by atoms with Crippen molar-refractivity contribution in [2.45, 2.75) is 277 Å². The molecule has 0 N–H and O–H groups in total. The Balaban J connectivity index is 4.20. The van der Waals surface area contributed by atoms with Gasteiger partial charge in [-0.2, -0.15) is 0 Å². The van der Waals surface area contributed by atoms with Crippen molar-refractivity contribution >= 4 is 17.9 Å². The standard InChI is InChI=1S/C66H110O6/c1-4-7-10-13-16-18-20-22-24-26-27-28-29-30-31-32-33-34-35-36-37-38-39-41-42-44-46-48-50-53-56-59-65(68)71-62-63(61-70-64(67)58-55-52-15-12-9-6-3)72-66(69)60-57-54-51-49-47-45-43-40-25-23-21-19-17-14-11-8-5-2/h7,10,16,18,22,24,27-28,30-31,33-34,36-37,39,41,44,46,63H,4-6,8-9,11-15,17,19-21,23,25-26,29,32,35,38,40,42-43,45,47-62H2,1-3H3/b10-7-,18-16-,24-22-,28-27-,31-30-,34-33-,37-36-,41-39-,46-44-. The Hall–Kier alpha value is -3.93. The zero-order chi connectivity index (χ0) is 52.2. The molecular formula is C66H110O6. The van der Waals surface area contributed by atoms with Gasteiger partial charge in [0.1, 0.15) is 13.2 Å². The number of carbonyl (C=O) groups is 3. The molecule has 1 atom stereocenters. The van der Waals surface area contributed by atoms with Gasteiger partial charge in [0.2, 0.25) is 0 Å². The summed E-state index contributed by atoms with van der Waals surface area (Å²) >= 11 is 0. The smallest absolute Gasteiger partial charge is 0.306 e. The van der Waals surface area contributed by atoms with E-state index in [0.29, 0.717) is 19.3 Å². The first-order valence-electron chi connectivity index (χ1n) is 29.9. The summed E-state index contributed by atoms with van der Waals surface area (Å²) in [5.41, 5.74) is 0. The SMILES string of the molecule is CC/C=C\C/C=C\C/C=C\C/C=C\C/C=C\C/C=C\C/C=C\C/C=C\C/C=C\CCCCCC(=O)OCC(COC(=O)CCCCCCCC)OC(=O)CCCCCCCCCCCCCCCCCCC. The summed E-state index contributed by atoms with van der Waals surface area (Å²) in [6, 6.07) is 0. The molecule has 0 bridgehead atoms. The van der Waals surface area contributed by atoms with E-state index in [1.54, 1.807) is 0 Å². The average molecular weight is 1000 g/mol. The van der Waals surface area contributed by atoms with Crippen molar-refractivity contribution in [3.05, 3.63) is 109 Å². The Labute approximate surface area is 444 Å². The third kappa shape index (κ3) is 57.0. The number of hydrogen-bond donors (Lipinski definition) is 0. The molecule has 72 heavy (non-hydrogen) atoms. The van der Waals surface area contributed by atoms with Gasteiger partial charge in [-0.3, -0.25) is 14.4 Å². The van der Waals surface area contributed by atoms with Gasteiger partial charge >= 0.3 is 17.9 Å². The van der Waals surface area contributed by atoms with Gasteiger partial charge in [-0.25, -0.2) is 0 Å². The summed E-state index contributed by atoms with van der Waals surface area (Å²) in [5, 5.41) is 0. The molecule has 410 valence electrons. The van der Waals surface area contributed by atoms with Crippen LogP contribution in [0.5, 0.6) is 0 Å². The first-order chi connectivity index (χ1) is 35.5. The molecule has 0 saturated heterocycles. The number of ether oxygens (including phenoxy) is 3. The lowest BCUT2D eigenvalue weighted by Crippen LogP contribution is -2.30. The molecule has 0 aromatic rings. The van der Waals surface area contributed by atoms with E-state index in [2.05, 4.69) is 130 Å². The van der Waals surface area contributed by atoms with Gasteiger partial charge in [0.05, 0.1) is 0 Å². The van der Waals surface area contributed by atoms with E-state index in [4.69, 9.17) is 14.2 Å². The second-order valence-electron chi connectivity index (χ2n) is 19.5. The van der Waals surface area contributed by atoms with Crippen LogP contribution in [-0.4, -0.2) is 37.2 Å². The molecule has 6 nitrogen and oxygen atoms in total. The molecular weight excluding hydrogens is 889 g/mol. The monoisotopic (exact) mass is 999 g/mol. The van der Waals surface area contributed by atoms with Gasteiger partial charge in [-0.05, 0) is 89.9 Å². The normalized spacial score (nSPS) is 12.9. The van der Waals surface area contributed by atoms with E-state index < -0.39 is 6.10 Å². The number of carbonyl (C=O) groups excluding carboxylic acids is 3. The number of hydrogen-bond acceptors (Lipinski definition) is 6. The lowest BCUT2D eigenvalue weighted by Gasteiger charge is -2.18. The van der Waals surface area contributed by atoms with Gasteiger partial charge in [0.15, 0.2) is 6.10 Å². The molecule has 0 aliphatic carbocycles. The van der Waals surface area contributed by atoms with Gasteiger partial charge in [0.25, 0.3) is 0 Å². The molecule has 0 spiro atoms. The fraction of sp³-hybridized carbons (Fsp3) is 0.682. The fourth-order valence-corrected chi connectivity index (χ4v) is 8.08. The first-order valence-corrected chi connectivity index (χ1v) is 29.9. The fourth-order valence-electron chi connectivity index (χ4n) is 8.08. The Bertz CT molecular complexity index is 1470. The largest absolute Gasteiger partial charge is 0.462 e. The minimum absolute atomic E-state index is 0.0873. The van der Waals surface area contributed by atoms with Crippen LogP contribution in [0.3, 0.4) is 0 Å². The minimum Gasteiger partial charge on any atom is -0.462 e. The summed E-state index contributed by atoms with van der Waals surface area (Å²) in [5.74, 6) is -0.927. The van der Waals surface area contributed by atoms with Crippen LogP contribution in [-0.2, 0) is 28.6 Å². The Morgan fingerprint density at radius 3 is 0.847 bits per heavy atom. The van der Waals surface area contributed by atoms with Crippen molar-refractivity contribution in [1.82, 2.24) is 0 Å². The maximum Gasteiger partial charge on any atom is 0.306 e. The van der Waals surface area contributed by atoms with Crippen molar-refractivity contribution < 1.29 is 28.6 Å². The van der Waals surface area contributed by atoms with Crippen LogP contribution in [0.2, 0.25) is 0 Å². The maximum absolute atomic E-state index is 12.8. The Morgan fingerprint density at radius 2 is 0.542 bits per heavy atom. The lowest BCUT2D eigenvalue weighted by atomic mass is 10.0. The van der Waals surface area contributed by atoms with Crippen molar-refractivity contribution in [2.75, 3.05) is 13.2 Å². The Kier molecular flexibility index (Phi) is 56.4. The second kappa shape index (κ2) is 59.6. The minimum atomic E-state index is -0.788. The van der Waals surface area contributed by atoms with Crippen molar-refractivity contribution in [3.8, 4) is 0 Å². The molecule has 0 aromatic heterocycles. The molecule has 0 heterocycles. The summed E-state index contributed by atoms with van der Waals surface area (Å²) in [6.45, 7) is 6.45. The van der Waals surface area contributed by atoms with E-state index in [0.717, 1.165) is 122 Å². The van der Waals surface area contributed by atoms with E-state index in [1.165, 1.54) is 109 Å². The highest BCUT2D eigenvalue weighted by atomic mass is 16.6. The third-order valence-electron chi connectivity index (χ3n) is 12.5. The Morgan fingerprint density at radius 1 is 0.292 bits per heavy atom. The predicted molar refractivity (Wildman–Crippen MR) is 311 cm³/mol. The zero-order valence-electron chi connectivity index (χ0n) is 46.9. The summed E-state index contributed by atoms with van der Waals surface area (Å²) in [7, 11) is 0. The summed E-state index contributed by atoms with van der Waals surface area (Å²) < 4.78 is 16.7.